The molecule has 0 radical (unpaired) electrons. The van der Waals surface area contributed by atoms with E-state index < -0.39 is 29.3 Å². The fraction of sp³-hybridized carbons (Fsp3) is 0.100. The van der Waals surface area contributed by atoms with Crippen molar-refractivity contribution in [1.29, 1.82) is 0 Å². The van der Waals surface area contributed by atoms with Crippen molar-refractivity contribution in [1.82, 2.24) is 0 Å². The molecule has 0 bridgehead atoms. The van der Waals surface area contributed by atoms with Crippen LogP contribution in [0.25, 0.3) is 0 Å². The zero-order chi connectivity index (χ0) is 25.0. The Morgan fingerprint density at radius 1 is 0.750 bits per heavy atom. The Morgan fingerprint density at radius 2 is 1.33 bits per heavy atom. The molecule has 0 aromatic heterocycles. The van der Waals surface area contributed by atoms with Gasteiger partial charge in [0, 0.05) is 28.2 Å². The molecule has 0 saturated carbocycles. The molecule has 2 aliphatic rings. The first-order chi connectivity index (χ1) is 17.5. The van der Waals surface area contributed by atoms with Crippen LogP contribution in [0.1, 0.15) is 50.2 Å². The van der Waals surface area contributed by atoms with E-state index in [4.69, 9.17) is 4.89 Å². The van der Waals surface area contributed by atoms with E-state index in [9.17, 15) is 23.9 Å². The number of fused-ring (bicyclic) bond motifs is 2. The summed E-state index contributed by atoms with van der Waals surface area (Å²) in [6.45, 7) is 0. The number of ketones is 1. The Labute approximate surface area is 205 Å². The van der Waals surface area contributed by atoms with Gasteiger partial charge in [-0.2, -0.15) is 0 Å². The highest BCUT2D eigenvalue weighted by Crippen LogP contribution is 2.58. The fourth-order valence-corrected chi connectivity index (χ4v) is 5.70. The molecule has 4 aromatic carbocycles. The van der Waals surface area contributed by atoms with Gasteiger partial charge in [-0.1, -0.05) is 72.8 Å². The third-order valence-electron chi connectivity index (χ3n) is 7.22. The van der Waals surface area contributed by atoms with Crippen molar-refractivity contribution in [3.05, 3.63) is 153 Å². The van der Waals surface area contributed by atoms with E-state index in [1.165, 1.54) is 36.4 Å². The van der Waals surface area contributed by atoms with E-state index in [2.05, 4.69) is 0 Å². The molecule has 0 saturated heterocycles. The van der Waals surface area contributed by atoms with Gasteiger partial charge in [-0.25, -0.2) is 13.7 Å². The van der Waals surface area contributed by atoms with Crippen molar-refractivity contribution < 1.29 is 28.8 Å². The lowest BCUT2D eigenvalue weighted by atomic mass is 9.78. The SMILES string of the molecule is O=C1/C(=C2/[C@H](O)c3ccccc3[C@]2(OO)c2ccc(F)cc2)[C@H](c2ccc(F)cc2)c2ccccc21. The van der Waals surface area contributed by atoms with Crippen LogP contribution in [0.15, 0.2) is 108 Å². The Balaban J connectivity index is 1.72. The lowest BCUT2D eigenvalue weighted by molar-refractivity contribution is -0.303. The van der Waals surface area contributed by atoms with Crippen LogP contribution in [0.2, 0.25) is 0 Å². The van der Waals surface area contributed by atoms with E-state index in [0.29, 0.717) is 33.4 Å². The van der Waals surface area contributed by atoms with E-state index in [1.807, 2.05) is 12.1 Å². The quantitative estimate of drug-likeness (QED) is 0.211. The van der Waals surface area contributed by atoms with E-state index in [1.54, 1.807) is 48.5 Å². The second-order valence-corrected chi connectivity index (χ2v) is 9.00. The Hall–Kier alpha value is -3.97. The Morgan fingerprint density at radius 3 is 2.00 bits per heavy atom. The summed E-state index contributed by atoms with van der Waals surface area (Å²) >= 11 is 0. The first-order valence-electron chi connectivity index (χ1n) is 11.5. The predicted octanol–water partition coefficient (Wildman–Crippen LogP) is 6.07. The molecule has 2 aliphatic carbocycles. The number of Topliss-reactive ketones (excluding diaryl/α,β-unsaturated/α-hetero) is 1. The number of allylic oxidation sites excluding steroid dienone is 1. The number of carbonyl (C=O) groups is 1. The van der Waals surface area contributed by atoms with Gasteiger partial charge in [0.25, 0.3) is 0 Å². The smallest absolute Gasteiger partial charge is 0.190 e. The molecule has 6 heteroatoms. The first-order valence-corrected chi connectivity index (χ1v) is 11.5. The maximum absolute atomic E-state index is 14.0. The molecular formula is C30H20F2O4. The highest BCUT2D eigenvalue weighted by molar-refractivity contribution is 6.16. The van der Waals surface area contributed by atoms with Gasteiger partial charge in [0.2, 0.25) is 0 Å². The lowest BCUT2D eigenvalue weighted by Crippen LogP contribution is -2.32. The number of aliphatic hydroxyl groups excluding tert-OH is 1. The summed E-state index contributed by atoms with van der Waals surface area (Å²) < 4.78 is 27.7. The third kappa shape index (κ3) is 3.05. The van der Waals surface area contributed by atoms with Gasteiger partial charge < -0.3 is 5.11 Å². The molecule has 0 unspecified atom stereocenters. The van der Waals surface area contributed by atoms with Gasteiger partial charge in [0.15, 0.2) is 11.4 Å². The first kappa shape index (κ1) is 22.5. The molecule has 3 atom stereocenters. The largest absolute Gasteiger partial charge is 0.384 e. The molecule has 36 heavy (non-hydrogen) atoms. The standard InChI is InChI=1S/C30H20F2O4/c31-19-13-9-17(10-14-19)25-21-5-1-2-6-22(21)28(33)26(25)27-29(34)23-7-3-4-8-24(23)30(27,36-35)18-11-15-20(32)16-12-18/h1-16,25,29,34-35H/b27-26-/t25-,29-,30-/m1/s1. The average Bonchev–Trinajstić information content (AvgIpc) is 3.33. The second kappa shape index (κ2) is 8.31. The van der Waals surface area contributed by atoms with Crippen LogP contribution >= 0.6 is 0 Å². The van der Waals surface area contributed by atoms with Gasteiger partial charge in [-0.15, -0.1) is 0 Å². The summed E-state index contributed by atoms with van der Waals surface area (Å²) in [7, 11) is 0. The molecule has 0 fully saturated rings. The maximum atomic E-state index is 14.0. The number of hydrogen-bond donors (Lipinski definition) is 2. The molecule has 2 N–H and O–H groups in total. The topological polar surface area (TPSA) is 66.8 Å². The fourth-order valence-electron chi connectivity index (χ4n) is 5.70. The monoisotopic (exact) mass is 482 g/mol. The predicted molar refractivity (Wildman–Crippen MR) is 128 cm³/mol. The molecule has 0 aliphatic heterocycles. The van der Waals surface area contributed by atoms with Crippen LogP contribution in [-0.2, 0) is 10.5 Å². The molecule has 0 heterocycles. The van der Waals surface area contributed by atoms with Crippen molar-refractivity contribution in [2.24, 2.45) is 0 Å². The number of benzene rings is 4. The van der Waals surface area contributed by atoms with Crippen LogP contribution in [0.5, 0.6) is 0 Å². The highest BCUT2D eigenvalue weighted by Gasteiger charge is 2.55. The Kier molecular flexibility index (Phi) is 5.19. The van der Waals surface area contributed by atoms with Gasteiger partial charge >= 0.3 is 0 Å². The molecular weight excluding hydrogens is 462 g/mol. The van der Waals surface area contributed by atoms with E-state index in [0.717, 1.165) is 0 Å². The van der Waals surface area contributed by atoms with E-state index >= 15 is 0 Å². The van der Waals surface area contributed by atoms with Gasteiger partial charge in [0.1, 0.15) is 17.7 Å². The number of halogens is 2. The third-order valence-corrected chi connectivity index (χ3v) is 7.22. The summed E-state index contributed by atoms with van der Waals surface area (Å²) in [5.41, 5.74) is 1.64. The number of rotatable bonds is 3. The van der Waals surface area contributed by atoms with Crippen molar-refractivity contribution in [2.45, 2.75) is 17.6 Å². The maximum Gasteiger partial charge on any atom is 0.190 e. The van der Waals surface area contributed by atoms with Crippen LogP contribution < -0.4 is 0 Å². The van der Waals surface area contributed by atoms with Crippen LogP contribution in [0.4, 0.5) is 8.78 Å². The number of carbonyl (C=O) groups excluding carboxylic acids is 1. The van der Waals surface area contributed by atoms with Gasteiger partial charge in [0.05, 0.1) is 0 Å². The zero-order valence-electron chi connectivity index (χ0n) is 18.9. The van der Waals surface area contributed by atoms with Crippen molar-refractivity contribution in [3.8, 4) is 0 Å². The number of aliphatic hydroxyl groups is 1. The lowest BCUT2D eigenvalue weighted by Gasteiger charge is -2.32. The molecule has 0 spiro atoms. The van der Waals surface area contributed by atoms with Crippen LogP contribution in [-0.4, -0.2) is 16.1 Å². The Bertz CT molecular complexity index is 1530. The molecule has 6 rings (SSSR count). The number of hydrogen-bond acceptors (Lipinski definition) is 4. The minimum absolute atomic E-state index is 0.147. The van der Waals surface area contributed by atoms with Crippen LogP contribution in [0.3, 0.4) is 0 Å². The molecule has 0 amide bonds. The van der Waals surface area contributed by atoms with Crippen molar-refractivity contribution >= 4 is 5.78 Å². The minimum atomic E-state index is -1.77. The highest BCUT2D eigenvalue weighted by atomic mass is 19.1. The van der Waals surface area contributed by atoms with Crippen LogP contribution in [0, 0.1) is 11.6 Å². The molecule has 178 valence electrons. The summed E-state index contributed by atoms with van der Waals surface area (Å²) in [6, 6.07) is 25.2. The summed E-state index contributed by atoms with van der Waals surface area (Å²) in [5, 5.41) is 22.2. The van der Waals surface area contributed by atoms with Gasteiger partial charge in [-0.05, 0) is 46.5 Å². The van der Waals surface area contributed by atoms with Gasteiger partial charge in [-0.3, -0.25) is 10.1 Å². The average molecular weight is 482 g/mol. The summed E-state index contributed by atoms with van der Waals surface area (Å²) in [6.07, 6.45) is -1.30. The summed E-state index contributed by atoms with van der Waals surface area (Å²) in [5.74, 6) is -1.88. The van der Waals surface area contributed by atoms with E-state index in [-0.39, 0.29) is 16.9 Å². The molecule has 4 aromatic rings. The minimum Gasteiger partial charge on any atom is -0.384 e. The normalized spacial score (nSPS) is 24.6. The zero-order valence-corrected chi connectivity index (χ0v) is 18.9. The second-order valence-electron chi connectivity index (χ2n) is 9.00. The molecule has 4 nitrogen and oxygen atoms in total. The van der Waals surface area contributed by atoms with Crippen molar-refractivity contribution in [2.75, 3.05) is 0 Å². The van der Waals surface area contributed by atoms with Crippen molar-refractivity contribution in [3.63, 3.8) is 0 Å². The summed E-state index contributed by atoms with van der Waals surface area (Å²) in [4.78, 5) is 19.2.